The topological polar surface area (TPSA) is 83.8 Å². The Bertz CT molecular complexity index is 729. The molecule has 5 nitrogen and oxygen atoms in total. The highest BCUT2D eigenvalue weighted by atomic mass is 16.5. The molecule has 0 unspecified atom stereocenters. The van der Waals surface area contributed by atoms with Crippen LogP contribution >= 0.6 is 0 Å². The number of hydrogen-bond acceptors (Lipinski definition) is 4. The van der Waals surface area contributed by atoms with Crippen LogP contribution in [0.2, 0.25) is 0 Å². The third kappa shape index (κ3) is 3.52. The maximum atomic E-state index is 11.3. The van der Waals surface area contributed by atoms with E-state index in [4.69, 9.17) is 5.11 Å². The minimum atomic E-state index is -1.19. The second kappa shape index (κ2) is 6.58. The Kier molecular flexibility index (Phi) is 4.58. The van der Waals surface area contributed by atoms with Crippen LogP contribution < -0.4 is 0 Å². The first-order valence-corrected chi connectivity index (χ1v) is 6.44. The second-order valence-electron chi connectivity index (χ2n) is 4.53. The number of ether oxygens (including phenoxy) is 1. The SMILES string of the molecule is COC(=O)c1ccc(C=Cc2ccc(O)c(C(=O)O)c2)cc1. The fourth-order valence-corrected chi connectivity index (χ4v) is 1.87. The number of esters is 1. The molecule has 0 spiro atoms. The zero-order valence-electron chi connectivity index (χ0n) is 11.8. The summed E-state index contributed by atoms with van der Waals surface area (Å²) in [4.78, 5) is 22.3. The smallest absolute Gasteiger partial charge is 0.339 e. The number of carboxylic acids is 1. The molecule has 0 atom stereocenters. The maximum Gasteiger partial charge on any atom is 0.339 e. The van der Waals surface area contributed by atoms with Crippen LogP contribution in [-0.4, -0.2) is 29.3 Å². The van der Waals surface area contributed by atoms with Crippen molar-refractivity contribution in [3.63, 3.8) is 0 Å². The van der Waals surface area contributed by atoms with Gasteiger partial charge in [0.25, 0.3) is 0 Å². The van der Waals surface area contributed by atoms with Gasteiger partial charge in [-0.05, 0) is 35.4 Å². The molecule has 0 fully saturated rings. The van der Waals surface area contributed by atoms with E-state index >= 15 is 0 Å². The fraction of sp³-hybridized carbons (Fsp3) is 0.0588. The molecule has 2 rings (SSSR count). The van der Waals surface area contributed by atoms with Crippen molar-refractivity contribution in [2.24, 2.45) is 0 Å². The van der Waals surface area contributed by atoms with E-state index in [1.54, 1.807) is 42.5 Å². The number of phenols is 1. The van der Waals surface area contributed by atoms with Gasteiger partial charge in [0.05, 0.1) is 12.7 Å². The molecule has 22 heavy (non-hydrogen) atoms. The molecule has 0 aromatic heterocycles. The summed E-state index contributed by atoms with van der Waals surface area (Å²) < 4.78 is 4.62. The minimum Gasteiger partial charge on any atom is -0.507 e. The Morgan fingerprint density at radius 2 is 1.59 bits per heavy atom. The molecule has 0 amide bonds. The highest BCUT2D eigenvalue weighted by Crippen LogP contribution is 2.20. The van der Waals surface area contributed by atoms with Gasteiger partial charge in [-0.2, -0.15) is 0 Å². The molecule has 2 aromatic carbocycles. The number of carbonyl (C=O) groups is 2. The highest BCUT2D eigenvalue weighted by Gasteiger charge is 2.09. The summed E-state index contributed by atoms with van der Waals surface area (Å²) >= 11 is 0. The summed E-state index contributed by atoms with van der Waals surface area (Å²) in [6, 6.07) is 11.1. The highest BCUT2D eigenvalue weighted by molar-refractivity contribution is 5.92. The van der Waals surface area contributed by atoms with Crippen molar-refractivity contribution in [3.05, 3.63) is 64.7 Å². The zero-order valence-corrected chi connectivity index (χ0v) is 11.8. The van der Waals surface area contributed by atoms with Gasteiger partial charge >= 0.3 is 11.9 Å². The van der Waals surface area contributed by atoms with Crippen LogP contribution in [0.4, 0.5) is 0 Å². The van der Waals surface area contributed by atoms with E-state index < -0.39 is 11.9 Å². The van der Waals surface area contributed by atoms with E-state index in [1.165, 1.54) is 19.2 Å². The van der Waals surface area contributed by atoms with E-state index in [2.05, 4.69) is 4.74 Å². The fourth-order valence-electron chi connectivity index (χ4n) is 1.87. The molecule has 0 aliphatic carbocycles. The van der Waals surface area contributed by atoms with E-state index in [1.807, 2.05) is 0 Å². The van der Waals surface area contributed by atoms with Crippen molar-refractivity contribution in [1.29, 1.82) is 0 Å². The van der Waals surface area contributed by atoms with E-state index in [-0.39, 0.29) is 11.3 Å². The maximum absolute atomic E-state index is 11.3. The number of hydrogen-bond donors (Lipinski definition) is 2. The molecule has 0 radical (unpaired) electrons. The summed E-state index contributed by atoms with van der Waals surface area (Å²) in [6.07, 6.45) is 3.50. The molecular formula is C17H14O5. The number of carboxylic acid groups (broad SMARTS) is 1. The largest absolute Gasteiger partial charge is 0.507 e. The van der Waals surface area contributed by atoms with Crippen LogP contribution in [0.1, 0.15) is 31.8 Å². The average molecular weight is 298 g/mol. The van der Waals surface area contributed by atoms with Crippen LogP contribution in [0.25, 0.3) is 12.2 Å². The molecule has 0 aliphatic heterocycles. The number of rotatable bonds is 4. The predicted molar refractivity (Wildman–Crippen MR) is 81.8 cm³/mol. The second-order valence-corrected chi connectivity index (χ2v) is 4.53. The summed E-state index contributed by atoms with van der Waals surface area (Å²) in [5.74, 6) is -1.86. The van der Waals surface area contributed by atoms with Crippen molar-refractivity contribution in [3.8, 4) is 5.75 Å². The van der Waals surface area contributed by atoms with Gasteiger partial charge in [0.1, 0.15) is 11.3 Å². The molecule has 2 N–H and O–H groups in total. The van der Waals surface area contributed by atoms with Crippen molar-refractivity contribution >= 4 is 24.1 Å². The Morgan fingerprint density at radius 1 is 1.00 bits per heavy atom. The van der Waals surface area contributed by atoms with Gasteiger partial charge in [0.15, 0.2) is 0 Å². The molecule has 0 bridgehead atoms. The van der Waals surface area contributed by atoms with Crippen LogP contribution in [-0.2, 0) is 4.74 Å². The first-order valence-electron chi connectivity index (χ1n) is 6.44. The molecule has 2 aromatic rings. The standard InChI is InChI=1S/C17H14O5/c1-22-17(21)13-7-4-11(5-8-13)2-3-12-6-9-15(18)14(10-12)16(19)20/h2-10,18H,1H3,(H,19,20). The van der Waals surface area contributed by atoms with E-state index in [9.17, 15) is 14.7 Å². The predicted octanol–water partition coefficient (Wildman–Crippen LogP) is 3.05. The number of aromatic hydroxyl groups is 1. The lowest BCUT2D eigenvalue weighted by Gasteiger charge is -2.01. The minimum absolute atomic E-state index is 0.150. The first kappa shape index (κ1) is 15.3. The zero-order chi connectivity index (χ0) is 16.1. The molecule has 0 aliphatic rings. The third-order valence-corrected chi connectivity index (χ3v) is 3.05. The third-order valence-electron chi connectivity index (χ3n) is 3.05. The van der Waals surface area contributed by atoms with Crippen LogP contribution in [0.5, 0.6) is 5.75 Å². The van der Waals surface area contributed by atoms with Gasteiger partial charge < -0.3 is 14.9 Å². The number of aromatic carboxylic acids is 1. The van der Waals surface area contributed by atoms with E-state index in [0.29, 0.717) is 11.1 Å². The Balaban J connectivity index is 2.20. The first-order chi connectivity index (χ1) is 10.5. The summed E-state index contributed by atoms with van der Waals surface area (Å²) in [5, 5.41) is 18.4. The average Bonchev–Trinajstić information content (AvgIpc) is 2.53. The molecule has 5 heteroatoms. The van der Waals surface area contributed by atoms with E-state index in [0.717, 1.165) is 5.56 Å². The Morgan fingerprint density at radius 3 is 2.18 bits per heavy atom. The van der Waals surface area contributed by atoms with Crippen LogP contribution in [0, 0.1) is 0 Å². The van der Waals surface area contributed by atoms with Gasteiger partial charge in [-0.15, -0.1) is 0 Å². The number of carbonyl (C=O) groups excluding carboxylic acids is 1. The lowest BCUT2D eigenvalue weighted by molar-refractivity contribution is 0.0599. The number of methoxy groups -OCH3 is 1. The summed E-state index contributed by atoms with van der Waals surface area (Å²) in [6.45, 7) is 0. The molecule has 0 saturated carbocycles. The summed E-state index contributed by atoms with van der Waals surface area (Å²) in [7, 11) is 1.32. The van der Waals surface area contributed by atoms with Crippen molar-refractivity contribution in [1.82, 2.24) is 0 Å². The van der Waals surface area contributed by atoms with Crippen molar-refractivity contribution in [2.45, 2.75) is 0 Å². The lowest BCUT2D eigenvalue weighted by Crippen LogP contribution is -2.00. The monoisotopic (exact) mass is 298 g/mol. The lowest BCUT2D eigenvalue weighted by atomic mass is 10.1. The Hall–Kier alpha value is -3.08. The van der Waals surface area contributed by atoms with Crippen molar-refractivity contribution in [2.75, 3.05) is 7.11 Å². The Labute approximate surface area is 127 Å². The quantitative estimate of drug-likeness (QED) is 0.669. The molecule has 0 saturated heterocycles. The van der Waals surface area contributed by atoms with Gasteiger partial charge in [-0.25, -0.2) is 9.59 Å². The van der Waals surface area contributed by atoms with Crippen LogP contribution in [0.3, 0.4) is 0 Å². The van der Waals surface area contributed by atoms with Gasteiger partial charge in [-0.3, -0.25) is 0 Å². The molecular weight excluding hydrogens is 284 g/mol. The normalized spacial score (nSPS) is 10.6. The molecule has 0 heterocycles. The van der Waals surface area contributed by atoms with Gasteiger partial charge in [0.2, 0.25) is 0 Å². The van der Waals surface area contributed by atoms with Crippen molar-refractivity contribution < 1.29 is 24.5 Å². The van der Waals surface area contributed by atoms with Gasteiger partial charge in [0, 0.05) is 0 Å². The van der Waals surface area contributed by atoms with Gasteiger partial charge in [-0.1, -0.05) is 30.4 Å². The molecule has 112 valence electrons. The number of benzene rings is 2. The summed E-state index contributed by atoms with van der Waals surface area (Å²) in [5.41, 5.74) is 1.80. The van der Waals surface area contributed by atoms with Crippen LogP contribution in [0.15, 0.2) is 42.5 Å².